The van der Waals surface area contributed by atoms with Crippen molar-refractivity contribution < 1.29 is 9.59 Å². The first-order valence-corrected chi connectivity index (χ1v) is 9.66. The third-order valence-electron chi connectivity index (χ3n) is 5.12. The van der Waals surface area contributed by atoms with E-state index >= 15 is 0 Å². The molecule has 0 saturated carbocycles. The zero-order valence-corrected chi connectivity index (χ0v) is 15.5. The Bertz CT molecular complexity index is 787. The normalized spacial score (nSPS) is 24.2. The van der Waals surface area contributed by atoms with Crippen LogP contribution in [0, 0.1) is 0 Å². The summed E-state index contributed by atoms with van der Waals surface area (Å²) in [6.45, 7) is 5.54. The minimum atomic E-state index is -0.947. The molecule has 0 spiro atoms. The first-order chi connectivity index (χ1) is 12.6. The maximum Gasteiger partial charge on any atom is 0.326 e. The van der Waals surface area contributed by atoms with Gasteiger partial charge in [-0.2, -0.15) is 0 Å². The number of para-hydroxylation sites is 1. The van der Waals surface area contributed by atoms with Gasteiger partial charge in [0.2, 0.25) is 0 Å². The monoisotopic (exact) mass is 370 g/mol. The van der Waals surface area contributed by atoms with Gasteiger partial charge in [0.15, 0.2) is 5.54 Å². The Morgan fingerprint density at radius 1 is 1.04 bits per heavy atom. The summed E-state index contributed by atoms with van der Waals surface area (Å²) in [5.41, 5.74) is 0.268. The van der Waals surface area contributed by atoms with Crippen molar-refractivity contribution in [3.8, 4) is 0 Å². The maximum absolute atomic E-state index is 12.9. The predicted octanol–water partition coefficient (Wildman–Crippen LogP) is 2.29. The fourth-order valence-corrected chi connectivity index (χ4v) is 4.38. The molecule has 2 fully saturated rings. The van der Waals surface area contributed by atoms with E-state index in [0.717, 1.165) is 31.1 Å². The zero-order chi connectivity index (χ0) is 18.1. The molecule has 0 aliphatic carbocycles. The molecule has 3 amide bonds. The number of rotatable bonds is 4. The minimum absolute atomic E-state index is 0.171. The summed E-state index contributed by atoms with van der Waals surface area (Å²) < 4.78 is 0. The number of benzene rings is 1. The highest BCUT2D eigenvalue weighted by Crippen LogP contribution is 2.32. The fourth-order valence-electron chi connectivity index (χ4n) is 3.54. The van der Waals surface area contributed by atoms with Crippen molar-refractivity contribution in [2.45, 2.75) is 12.5 Å². The van der Waals surface area contributed by atoms with Gasteiger partial charge in [-0.15, -0.1) is 11.3 Å². The molecule has 2 saturated heterocycles. The highest BCUT2D eigenvalue weighted by atomic mass is 32.1. The largest absolute Gasteiger partial charge is 0.369 e. The molecule has 0 unspecified atom stereocenters. The number of urea groups is 1. The fraction of sp³-hybridized carbons (Fsp3) is 0.368. The van der Waals surface area contributed by atoms with Crippen molar-refractivity contribution >= 4 is 29.0 Å². The highest BCUT2D eigenvalue weighted by Gasteiger charge is 2.50. The number of imide groups is 1. The van der Waals surface area contributed by atoms with Crippen LogP contribution in [0.2, 0.25) is 0 Å². The summed E-state index contributed by atoms with van der Waals surface area (Å²) in [5.74, 6) is -0.171. The zero-order valence-electron chi connectivity index (χ0n) is 14.7. The third kappa shape index (κ3) is 2.97. The van der Waals surface area contributed by atoms with Gasteiger partial charge in [0.05, 0.1) is 6.67 Å². The van der Waals surface area contributed by atoms with Crippen molar-refractivity contribution in [2.75, 3.05) is 37.7 Å². The van der Waals surface area contributed by atoms with Crippen molar-refractivity contribution in [3.63, 3.8) is 0 Å². The van der Waals surface area contributed by atoms with Gasteiger partial charge in [-0.05, 0) is 30.5 Å². The lowest BCUT2D eigenvalue weighted by Gasteiger charge is -2.37. The van der Waals surface area contributed by atoms with Crippen LogP contribution in [0.4, 0.5) is 10.5 Å². The highest BCUT2D eigenvalue weighted by molar-refractivity contribution is 7.10. The van der Waals surface area contributed by atoms with Crippen LogP contribution in [0.25, 0.3) is 0 Å². The van der Waals surface area contributed by atoms with E-state index in [2.05, 4.69) is 27.2 Å². The van der Waals surface area contributed by atoms with E-state index in [-0.39, 0.29) is 11.9 Å². The molecule has 4 rings (SSSR count). The van der Waals surface area contributed by atoms with Crippen LogP contribution in [-0.2, 0) is 10.3 Å². The molecule has 1 N–H and O–H groups in total. The minimum Gasteiger partial charge on any atom is -0.369 e. The SMILES string of the molecule is C[C@]1(c2cccs2)NC(=O)N(CN2CCN(c3ccccc3)CC2)C1=O. The van der Waals surface area contributed by atoms with Gasteiger partial charge >= 0.3 is 6.03 Å². The smallest absolute Gasteiger partial charge is 0.326 e. The number of hydrogen-bond donors (Lipinski definition) is 1. The van der Waals surface area contributed by atoms with Gasteiger partial charge in [-0.3, -0.25) is 9.69 Å². The Hall–Kier alpha value is -2.38. The second-order valence-electron chi connectivity index (χ2n) is 6.85. The molecule has 2 aromatic rings. The third-order valence-corrected chi connectivity index (χ3v) is 6.22. The van der Waals surface area contributed by atoms with Crippen LogP contribution in [0.15, 0.2) is 47.8 Å². The van der Waals surface area contributed by atoms with Gasteiger partial charge < -0.3 is 10.2 Å². The molecule has 0 bridgehead atoms. The Morgan fingerprint density at radius 3 is 2.42 bits per heavy atom. The molecule has 26 heavy (non-hydrogen) atoms. The Kier molecular flexibility index (Phi) is 4.42. The van der Waals surface area contributed by atoms with Gasteiger partial charge in [0.25, 0.3) is 5.91 Å². The van der Waals surface area contributed by atoms with Gasteiger partial charge in [0.1, 0.15) is 0 Å². The lowest BCUT2D eigenvalue weighted by molar-refractivity contribution is -0.132. The van der Waals surface area contributed by atoms with E-state index in [1.165, 1.54) is 21.9 Å². The second-order valence-corrected chi connectivity index (χ2v) is 7.80. The molecule has 6 nitrogen and oxygen atoms in total. The number of carbonyl (C=O) groups is 2. The summed E-state index contributed by atoms with van der Waals surface area (Å²) in [6.07, 6.45) is 0. The molecule has 3 heterocycles. The van der Waals surface area contributed by atoms with Crippen LogP contribution < -0.4 is 10.2 Å². The maximum atomic E-state index is 12.9. The molecule has 2 aliphatic rings. The van der Waals surface area contributed by atoms with Crippen LogP contribution in [0.5, 0.6) is 0 Å². The molecule has 1 aromatic heterocycles. The van der Waals surface area contributed by atoms with E-state index in [1.54, 1.807) is 6.92 Å². The molecule has 1 atom stereocenters. The summed E-state index contributed by atoms with van der Waals surface area (Å²) in [6, 6.07) is 13.8. The summed E-state index contributed by atoms with van der Waals surface area (Å²) >= 11 is 1.49. The molecule has 1 aromatic carbocycles. The number of nitrogens with zero attached hydrogens (tertiary/aromatic N) is 3. The van der Waals surface area contributed by atoms with Gasteiger partial charge in [-0.1, -0.05) is 24.3 Å². The number of anilines is 1. The van der Waals surface area contributed by atoms with Crippen LogP contribution in [-0.4, -0.2) is 54.6 Å². The lowest BCUT2D eigenvalue weighted by Crippen LogP contribution is -2.51. The first kappa shape index (κ1) is 17.1. The van der Waals surface area contributed by atoms with Crippen LogP contribution in [0.3, 0.4) is 0 Å². The number of thiophene rings is 1. The van der Waals surface area contributed by atoms with E-state index in [1.807, 2.05) is 35.7 Å². The van der Waals surface area contributed by atoms with Crippen molar-refractivity contribution in [1.29, 1.82) is 0 Å². The Balaban J connectivity index is 1.39. The number of hydrogen-bond acceptors (Lipinski definition) is 5. The van der Waals surface area contributed by atoms with Crippen molar-refractivity contribution in [1.82, 2.24) is 15.1 Å². The van der Waals surface area contributed by atoms with Crippen LogP contribution in [0.1, 0.15) is 11.8 Å². The molecular weight excluding hydrogens is 348 g/mol. The first-order valence-electron chi connectivity index (χ1n) is 8.78. The summed E-state index contributed by atoms with van der Waals surface area (Å²) in [4.78, 5) is 32.0. The number of nitrogens with one attached hydrogen (secondary N) is 1. The lowest BCUT2D eigenvalue weighted by atomic mass is 10.0. The molecule has 2 aliphatic heterocycles. The second kappa shape index (κ2) is 6.74. The summed E-state index contributed by atoms with van der Waals surface area (Å²) in [5, 5.41) is 4.79. The molecular formula is C19H22N4O2S. The van der Waals surface area contributed by atoms with Crippen LogP contribution >= 0.6 is 11.3 Å². The summed E-state index contributed by atoms with van der Waals surface area (Å²) in [7, 11) is 0. The number of carbonyl (C=O) groups excluding carboxylic acids is 2. The Morgan fingerprint density at radius 2 is 1.77 bits per heavy atom. The van der Waals surface area contributed by atoms with Gasteiger partial charge in [0, 0.05) is 36.7 Å². The van der Waals surface area contributed by atoms with E-state index in [9.17, 15) is 9.59 Å². The quantitative estimate of drug-likeness (QED) is 0.839. The topological polar surface area (TPSA) is 55.9 Å². The molecule has 136 valence electrons. The standard InChI is InChI=1S/C19H22N4O2S/c1-19(16-8-5-13-26-16)17(24)23(18(25)20-19)14-21-9-11-22(12-10-21)15-6-3-2-4-7-15/h2-8,13H,9-12,14H2,1H3,(H,20,25)/t19-/m1/s1. The van der Waals surface area contributed by atoms with Gasteiger partial charge in [-0.25, -0.2) is 9.69 Å². The van der Waals surface area contributed by atoms with E-state index < -0.39 is 5.54 Å². The Labute approximate surface area is 157 Å². The van der Waals surface area contributed by atoms with Crippen molar-refractivity contribution in [2.24, 2.45) is 0 Å². The molecule has 7 heteroatoms. The van der Waals surface area contributed by atoms with E-state index in [4.69, 9.17) is 0 Å². The van der Waals surface area contributed by atoms with E-state index in [0.29, 0.717) is 6.67 Å². The molecule has 0 radical (unpaired) electrons. The number of amides is 3. The number of piperazine rings is 1. The average molecular weight is 370 g/mol. The predicted molar refractivity (Wildman–Crippen MR) is 102 cm³/mol. The average Bonchev–Trinajstić information content (AvgIpc) is 3.28. The van der Waals surface area contributed by atoms with Crippen molar-refractivity contribution in [3.05, 3.63) is 52.7 Å².